The normalized spacial score (nSPS) is 8.93. The highest BCUT2D eigenvalue weighted by Crippen LogP contribution is 2.07. The first-order valence-electron chi connectivity index (χ1n) is 3.98. The number of amides is 1. The molecule has 72 valence electrons. The molecule has 0 aliphatic heterocycles. The molecule has 5 heteroatoms. The monoisotopic (exact) mass is 190 g/mol. The van der Waals surface area contributed by atoms with Crippen molar-refractivity contribution in [2.75, 3.05) is 19.0 Å². The third-order valence-electron chi connectivity index (χ3n) is 1.64. The van der Waals surface area contributed by atoms with Crippen molar-refractivity contribution >= 4 is 11.7 Å². The smallest absolute Gasteiger partial charge is 0.265 e. The van der Waals surface area contributed by atoms with Gasteiger partial charge in [-0.25, -0.2) is 4.98 Å². The van der Waals surface area contributed by atoms with Crippen LogP contribution in [0.1, 0.15) is 10.4 Å². The minimum absolute atomic E-state index is 0.372. The maximum absolute atomic E-state index is 11.1. The van der Waals surface area contributed by atoms with Gasteiger partial charge in [-0.1, -0.05) is 0 Å². The van der Waals surface area contributed by atoms with Gasteiger partial charge < -0.3 is 4.90 Å². The molecule has 1 rings (SSSR count). The minimum atomic E-state index is -0.440. The largest absolute Gasteiger partial charge is 0.363 e. The second-order valence-electron chi connectivity index (χ2n) is 2.87. The number of carbonyl (C=O) groups excluding carboxylic acids is 1. The molecule has 0 aliphatic rings. The first-order chi connectivity index (χ1) is 6.65. The van der Waals surface area contributed by atoms with Crippen LogP contribution < -0.4 is 10.2 Å². The van der Waals surface area contributed by atoms with E-state index in [1.807, 2.05) is 24.3 Å². The van der Waals surface area contributed by atoms with Crippen molar-refractivity contribution in [3.63, 3.8) is 0 Å². The number of rotatable bonds is 2. The Kier molecular flexibility index (Phi) is 3.02. The van der Waals surface area contributed by atoms with Crippen molar-refractivity contribution in [3.05, 3.63) is 23.9 Å². The fourth-order valence-corrected chi connectivity index (χ4v) is 0.908. The number of hydrogen-bond acceptors (Lipinski definition) is 4. The molecular formula is C9H10N4O. The molecule has 0 saturated carbocycles. The summed E-state index contributed by atoms with van der Waals surface area (Å²) in [7, 11) is 3.72. The number of nitrogens with zero attached hydrogens (tertiary/aromatic N) is 3. The fraction of sp³-hybridized carbons (Fsp3) is 0.222. The van der Waals surface area contributed by atoms with Gasteiger partial charge in [0.2, 0.25) is 0 Å². The number of anilines is 1. The second-order valence-corrected chi connectivity index (χ2v) is 2.87. The Hall–Kier alpha value is -2.09. The number of nitrogens with one attached hydrogen (secondary N) is 1. The van der Waals surface area contributed by atoms with Crippen LogP contribution in [0.25, 0.3) is 0 Å². The highest BCUT2D eigenvalue weighted by molar-refractivity contribution is 5.94. The molecule has 0 atom stereocenters. The molecule has 1 aromatic rings. The van der Waals surface area contributed by atoms with Crippen LogP contribution in [-0.4, -0.2) is 25.0 Å². The van der Waals surface area contributed by atoms with Crippen molar-refractivity contribution in [3.8, 4) is 6.19 Å². The van der Waals surface area contributed by atoms with Crippen molar-refractivity contribution in [1.29, 1.82) is 5.26 Å². The molecule has 0 fully saturated rings. The Morgan fingerprint density at radius 1 is 1.57 bits per heavy atom. The lowest BCUT2D eigenvalue weighted by Crippen LogP contribution is -2.18. The van der Waals surface area contributed by atoms with Crippen LogP contribution in [0.15, 0.2) is 18.3 Å². The van der Waals surface area contributed by atoms with Gasteiger partial charge in [0.1, 0.15) is 5.82 Å². The van der Waals surface area contributed by atoms with Gasteiger partial charge in [-0.3, -0.25) is 10.1 Å². The molecule has 5 nitrogen and oxygen atoms in total. The van der Waals surface area contributed by atoms with Crippen LogP contribution in [0.5, 0.6) is 0 Å². The lowest BCUT2D eigenvalue weighted by Gasteiger charge is -2.10. The summed E-state index contributed by atoms with van der Waals surface area (Å²) in [5.74, 6) is 0.323. The molecule has 1 amide bonds. The standard InChI is InChI=1S/C9H10N4O/c1-13(2)8-4-3-7(5-11-8)9(14)12-6-10/h3-5H,1-2H3,(H,12,14). The summed E-state index contributed by atoms with van der Waals surface area (Å²) < 4.78 is 0. The van der Waals surface area contributed by atoms with E-state index in [1.54, 1.807) is 18.3 Å². The average molecular weight is 190 g/mol. The maximum Gasteiger partial charge on any atom is 0.265 e. The van der Waals surface area contributed by atoms with Gasteiger partial charge in [0.05, 0.1) is 5.56 Å². The zero-order chi connectivity index (χ0) is 10.6. The summed E-state index contributed by atoms with van der Waals surface area (Å²) in [6, 6.07) is 3.33. The number of aromatic nitrogens is 1. The highest BCUT2D eigenvalue weighted by atomic mass is 16.1. The van der Waals surface area contributed by atoms with Crippen molar-refractivity contribution in [2.24, 2.45) is 0 Å². The summed E-state index contributed by atoms with van der Waals surface area (Å²) >= 11 is 0. The van der Waals surface area contributed by atoms with Crippen LogP contribution in [0, 0.1) is 11.5 Å². The van der Waals surface area contributed by atoms with Crippen molar-refractivity contribution in [2.45, 2.75) is 0 Å². The Morgan fingerprint density at radius 2 is 2.29 bits per heavy atom. The van der Waals surface area contributed by atoms with E-state index in [0.29, 0.717) is 5.56 Å². The molecule has 0 bridgehead atoms. The Morgan fingerprint density at radius 3 is 2.71 bits per heavy atom. The molecule has 0 saturated heterocycles. The lowest BCUT2D eigenvalue weighted by atomic mass is 10.2. The third-order valence-corrected chi connectivity index (χ3v) is 1.64. The van der Waals surface area contributed by atoms with Gasteiger partial charge in [-0.2, -0.15) is 5.26 Å². The van der Waals surface area contributed by atoms with Gasteiger partial charge in [0.25, 0.3) is 5.91 Å². The number of hydrogen-bond donors (Lipinski definition) is 1. The van der Waals surface area contributed by atoms with Gasteiger partial charge in [0, 0.05) is 20.3 Å². The summed E-state index contributed by atoms with van der Waals surface area (Å²) in [5, 5.41) is 10.3. The van der Waals surface area contributed by atoms with E-state index in [4.69, 9.17) is 5.26 Å². The van der Waals surface area contributed by atoms with Crippen LogP contribution >= 0.6 is 0 Å². The molecule has 0 aromatic carbocycles. The zero-order valence-electron chi connectivity index (χ0n) is 7.98. The quantitative estimate of drug-likeness (QED) is 0.540. The third kappa shape index (κ3) is 2.20. The number of nitriles is 1. The van der Waals surface area contributed by atoms with E-state index in [9.17, 15) is 4.79 Å². The summed E-state index contributed by atoms with van der Waals surface area (Å²) in [6.07, 6.45) is 3.00. The van der Waals surface area contributed by atoms with Crippen LogP contribution in [0.2, 0.25) is 0 Å². The molecule has 0 spiro atoms. The molecule has 1 heterocycles. The van der Waals surface area contributed by atoms with E-state index in [0.717, 1.165) is 5.82 Å². The number of pyridine rings is 1. The SMILES string of the molecule is CN(C)c1ccc(C(=O)NC#N)cn1. The molecule has 0 radical (unpaired) electrons. The predicted octanol–water partition coefficient (Wildman–Crippen LogP) is 0.358. The zero-order valence-corrected chi connectivity index (χ0v) is 7.98. The maximum atomic E-state index is 11.1. The van der Waals surface area contributed by atoms with Crippen LogP contribution in [-0.2, 0) is 0 Å². The highest BCUT2D eigenvalue weighted by Gasteiger charge is 2.05. The predicted molar refractivity (Wildman–Crippen MR) is 51.6 cm³/mol. The van der Waals surface area contributed by atoms with E-state index in [-0.39, 0.29) is 0 Å². The molecule has 14 heavy (non-hydrogen) atoms. The second kappa shape index (κ2) is 4.23. The van der Waals surface area contributed by atoms with Gasteiger partial charge in [0.15, 0.2) is 6.19 Å². The molecule has 1 N–H and O–H groups in total. The minimum Gasteiger partial charge on any atom is -0.363 e. The molecule has 0 unspecified atom stereocenters. The van der Waals surface area contributed by atoms with Gasteiger partial charge in [-0.05, 0) is 12.1 Å². The topological polar surface area (TPSA) is 69.0 Å². The molecular weight excluding hydrogens is 180 g/mol. The lowest BCUT2D eigenvalue weighted by molar-refractivity contribution is 0.0972. The Balaban J connectivity index is 2.84. The molecule has 0 aliphatic carbocycles. The van der Waals surface area contributed by atoms with Crippen LogP contribution in [0.3, 0.4) is 0 Å². The first kappa shape index (κ1) is 9.99. The summed E-state index contributed by atoms with van der Waals surface area (Å²) in [5.41, 5.74) is 0.372. The van der Waals surface area contributed by atoms with Gasteiger partial charge in [-0.15, -0.1) is 0 Å². The van der Waals surface area contributed by atoms with E-state index in [1.165, 1.54) is 6.20 Å². The van der Waals surface area contributed by atoms with E-state index < -0.39 is 5.91 Å². The van der Waals surface area contributed by atoms with E-state index in [2.05, 4.69) is 4.98 Å². The first-order valence-corrected chi connectivity index (χ1v) is 3.98. The fourth-order valence-electron chi connectivity index (χ4n) is 0.908. The Bertz CT molecular complexity index is 363. The van der Waals surface area contributed by atoms with E-state index >= 15 is 0 Å². The summed E-state index contributed by atoms with van der Waals surface area (Å²) in [6.45, 7) is 0. The van der Waals surface area contributed by atoms with Crippen LogP contribution in [0.4, 0.5) is 5.82 Å². The average Bonchev–Trinajstić information content (AvgIpc) is 2.18. The molecule has 1 aromatic heterocycles. The van der Waals surface area contributed by atoms with Crippen molar-refractivity contribution in [1.82, 2.24) is 10.3 Å². The van der Waals surface area contributed by atoms with Gasteiger partial charge >= 0.3 is 0 Å². The number of carbonyl (C=O) groups is 1. The van der Waals surface area contributed by atoms with Crippen molar-refractivity contribution < 1.29 is 4.79 Å². The summed E-state index contributed by atoms with van der Waals surface area (Å²) in [4.78, 5) is 17.0. The Labute approximate surface area is 82.0 Å².